The Bertz CT molecular complexity index is 433. The number of nitrogen functional groups attached to an aromatic ring is 1. The van der Waals surface area contributed by atoms with E-state index in [2.05, 4.69) is 8.75 Å². The zero-order valence-electron chi connectivity index (χ0n) is 6.96. The molecule has 1 heterocycles. The van der Waals surface area contributed by atoms with Crippen LogP contribution in [-0.2, 0) is 0 Å². The fraction of sp³-hybridized carbons (Fsp3) is 0.250. The molecule has 4 heteroatoms. The highest BCUT2D eigenvalue weighted by Crippen LogP contribution is 2.25. The third-order valence-corrected chi connectivity index (χ3v) is 2.66. The van der Waals surface area contributed by atoms with E-state index in [1.807, 2.05) is 19.9 Å². The Morgan fingerprint density at radius 1 is 1.33 bits per heavy atom. The van der Waals surface area contributed by atoms with Crippen LogP contribution >= 0.6 is 11.7 Å². The molecule has 1 aromatic carbocycles. The van der Waals surface area contributed by atoms with Gasteiger partial charge in [-0.25, -0.2) is 0 Å². The summed E-state index contributed by atoms with van der Waals surface area (Å²) in [6.45, 7) is 4.04. The Hall–Kier alpha value is -1.16. The predicted molar refractivity (Wildman–Crippen MR) is 51.3 cm³/mol. The molecule has 12 heavy (non-hydrogen) atoms. The quantitative estimate of drug-likeness (QED) is 0.628. The molecule has 0 saturated carbocycles. The van der Waals surface area contributed by atoms with Crippen molar-refractivity contribution in [1.82, 2.24) is 8.75 Å². The molecule has 0 aliphatic rings. The molecule has 2 aromatic rings. The first kappa shape index (κ1) is 7.49. The van der Waals surface area contributed by atoms with Crippen LogP contribution in [0.15, 0.2) is 6.07 Å². The third-order valence-electron chi connectivity index (χ3n) is 2.12. The Balaban J connectivity index is 2.94. The number of aromatic nitrogens is 2. The summed E-state index contributed by atoms with van der Waals surface area (Å²) >= 11 is 1.20. The van der Waals surface area contributed by atoms with Gasteiger partial charge in [0.25, 0.3) is 0 Å². The molecule has 2 rings (SSSR count). The first-order valence-electron chi connectivity index (χ1n) is 3.68. The minimum absolute atomic E-state index is 0.763. The van der Waals surface area contributed by atoms with E-state index < -0.39 is 0 Å². The average molecular weight is 179 g/mol. The molecule has 0 bridgehead atoms. The zero-order chi connectivity index (χ0) is 8.72. The summed E-state index contributed by atoms with van der Waals surface area (Å²) in [5.74, 6) is 0. The van der Waals surface area contributed by atoms with E-state index in [9.17, 15) is 0 Å². The molecule has 0 unspecified atom stereocenters. The van der Waals surface area contributed by atoms with Gasteiger partial charge in [-0.15, -0.1) is 0 Å². The summed E-state index contributed by atoms with van der Waals surface area (Å²) in [6, 6.07) is 2.02. The number of fused-ring (bicyclic) bond motifs is 1. The summed E-state index contributed by atoms with van der Waals surface area (Å²) in [7, 11) is 0. The lowest BCUT2D eigenvalue weighted by atomic mass is 10.1. The van der Waals surface area contributed by atoms with Crippen LogP contribution in [0.4, 0.5) is 5.69 Å². The van der Waals surface area contributed by atoms with E-state index in [0.717, 1.165) is 22.3 Å². The molecule has 0 aliphatic carbocycles. The maximum Gasteiger partial charge on any atom is 0.127 e. The van der Waals surface area contributed by atoms with Gasteiger partial charge in [0, 0.05) is 0 Å². The SMILES string of the molecule is Cc1cc2nsnc2c(N)c1C. The molecule has 62 valence electrons. The van der Waals surface area contributed by atoms with Crippen LogP contribution in [0.25, 0.3) is 11.0 Å². The first-order chi connectivity index (χ1) is 5.70. The summed E-state index contributed by atoms with van der Waals surface area (Å²) in [5, 5.41) is 0. The maximum atomic E-state index is 5.87. The lowest BCUT2D eigenvalue weighted by Crippen LogP contribution is -1.93. The molecule has 0 amide bonds. The number of anilines is 1. The predicted octanol–water partition coefficient (Wildman–Crippen LogP) is 1.89. The van der Waals surface area contributed by atoms with Gasteiger partial charge < -0.3 is 5.73 Å². The van der Waals surface area contributed by atoms with Crippen molar-refractivity contribution >= 4 is 28.4 Å². The van der Waals surface area contributed by atoms with Gasteiger partial charge in [-0.1, -0.05) is 0 Å². The number of aryl methyl sites for hydroxylation is 1. The normalized spacial score (nSPS) is 10.8. The van der Waals surface area contributed by atoms with E-state index >= 15 is 0 Å². The average Bonchev–Trinajstić information content (AvgIpc) is 2.48. The van der Waals surface area contributed by atoms with Crippen LogP contribution in [-0.4, -0.2) is 8.75 Å². The molecule has 0 spiro atoms. The fourth-order valence-corrected chi connectivity index (χ4v) is 1.72. The van der Waals surface area contributed by atoms with Gasteiger partial charge in [0.05, 0.1) is 17.4 Å². The van der Waals surface area contributed by atoms with Gasteiger partial charge in [-0.2, -0.15) is 8.75 Å². The van der Waals surface area contributed by atoms with E-state index in [1.54, 1.807) is 0 Å². The van der Waals surface area contributed by atoms with Crippen molar-refractivity contribution in [1.29, 1.82) is 0 Å². The minimum Gasteiger partial charge on any atom is -0.397 e. The summed E-state index contributed by atoms with van der Waals surface area (Å²) in [5.41, 5.74) is 10.7. The molecule has 0 saturated heterocycles. The molecule has 0 fully saturated rings. The Labute approximate surface area is 74.5 Å². The second kappa shape index (κ2) is 2.42. The number of nitrogens with zero attached hydrogens (tertiary/aromatic N) is 2. The van der Waals surface area contributed by atoms with Crippen LogP contribution in [0.3, 0.4) is 0 Å². The Morgan fingerprint density at radius 2 is 2.08 bits per heavy atom. The van der Waals surface area contributed by atoms with Crippen LogP contribution in [0.2, 0.25) is 0 Å². The Kier molecular flexibility index (Phi) is 1.51. The smallest absolute Gasteiger partial charge is 0.127 e. The molecule has 3 nitrogen and oxygen atoms in total. The van der Waals surface area contributed by atoms with Crippen LogP contribution in [0.1, 0.15) is 11.1 Å². The third kappa shape index (κ3) is 0.881. The van der Waals surface area contributed by atoms with Crippen LogP contribution in [0.5, 0.6) is 0 Å². The molecular formula is C8H9N3S. The van der Waals surface area contributed by atoms with Gasteiger partial charge in [-0.3, -0.25) is 0 Å². The van der Waals surface area contributed by atoms with Crippen molar-refractivity contribution in [2.24, 2.45) is 0 Å². The number of benzene rings is 1. The molecule has 0 radical (unpaired) electrons. The van der Waals surface area contributed by atoms with Crippen molar-refractivity contribution in [3.63, 3.8) is 0 Å². The number of hydrogen-bond donors (Lipinski definition) is 1. The van der Waals surface area contributed by atoms with Crippen molar-refractivity contribution < 1.29 is 0 Å². The largest absolute Gasteiger partial charge is 0.397 e. The summed E-state index contributed by atoms with van der Waals surface area (Å²) in [6.07, 6.45) is 0. The molecule has 0 aliphatic heterocycles. The van der Waals surface area contributed by atoms with Gasteiger partial charge in [-0.05, 0) is 31.0 Å². The lowest BCUT2D eigenvalue weighted by Gasteiger charge is -2.02. The standard InChI is InChI=1S/C8H9N3S/c1-4-3-6-8(11-12-10-6)7(9)5(4)2/h3H,9H2,1-2H3. The van der Waals surface area contributed by atoms with Crippen molar-refractivity contribution in [2.45, 2.75) is 13.8 Å². The monoisotopic (exact) mass is 179 g/mol. The highest BCUT2D eigenvalue weighted by molar-refractivity contribution is 7.00. The van der Waals surface area contributed by atoms with Gasteiger partial charge in [0.1, 0.15) is 11.0 Å². The van der Waals surface area contributed by atoms with Crippen molar-refractivity contribution in [3.05, 3.63) is 17.2 Å². The second-order valence-corrected chi connectivity index (χ2v) is 3.39. The fourth-order valence-electron chi connectivity index (χ4n) is 1.18. The van der Waals surface area contributed by atoms with Crippen molar-refractivity contribution in [3.8, 4) is 0 Å². The van der Waals surface area contributed by atoms with Gasteiger partial charge >= 0.3 is 0 Å². The minimum atomic E-state index is 0.763. The number of rotatable bonds is 0. The molecular weight excluding hydrogens is 170 g/mol. The van der Waals surface area contributed by atoms with Gasteiger partial charge in [0.2, 0.25) is 0 Å². The Morgan fingerprint density at radius 3 is 2.83 bits per heavy atom. The zero-order valence-corrected chi connectivity index (χ0v) is 7.77. The second-order valence-electron chi connectivity index (χ2n) is 2.86. The summed E-state index contributed by atoms with van der Waals surface area (Å²) < 4.78 is 8.26. The molecule has 2 N–H and O–H groups in total. The van der Waals surface area contributed by atoms with Crippen molar-refractivity contribution in [2.75, 3.05) is 5.73 Å². The van der Waals surface area contributed by atoms with Gasteiger partial charge in [0.15, 0.2) is 0 Å². The van der Waals surface area contributed by atoms with E-state index in [-0.39, 0.29) is 0 Å². The van der Waals surface area contributed by atoms with E-state index in [0.29, 0.717) is 0 Å². The number of nitrogens with two attached hydrogens (primary N) is 1. The molecule has 1 aromatic heterocycles. The maximum absolute atomic E-state index is 5.87. The van der Waals surface area contributed by atoms with E-state index in [1.165, 1.54) is 17.3 Å². The highest BCUT2D eigenvalue weighted by atomic mass is 32.1. The lowest BCUT2D eigenvalue weighted by molar-refractivity contribution is 1.36. The topological polar surface area (TPSA) is 51.8 Å². The number of hydrogen-bond acceptors (Lipinski definition) is 4. The summed E-state index contributed by atoms with van der Waals surface area (Å²) in [4.78, 5) is 0. The first-order valence-corrected chi connectivity index (χ1v) is 4.41. The van der Waals surface area contributed by atoms with E-state index in [4.69, 9.17) is 5.73 Å². The van der Waals surface area contributed by atoms with Crippen LogP contribution in [0, 0.1) is 13.8 Å². The highest BCUT2D eigenvalue weighted by Gasteiger charge is 2.07. The molecule has 0 atom stereocenters. The van der Waals surface area contributed by atoms with Crippen LogP contribution < -0.4 is 5.73 Å².